The average Bonchev–Trinajstić information content (AvgIpc) is 2.67. The molecular formula is C22H33ClN2O2. The molecule has 0 N–H and O–H groups in total. The van der Waals surface area contributed by atoms with Gasteiger partial charge in [-0.25, -0.2) is 0 Å². The van der Waals surface area contributed by atoms with Crippen LogP contribution < -0.4 is 0 Å². The number of rotatable bonds is 8. The second-order valence-corrected chi connectivity index (χ2v) is 8.43. The molecule has 0 radical (unpaired) electrons. The number of unbranched alkanes of at least 4 members (excludes halogenated alkanes) is 2. The van der Waals surface area contributed by atoms with E-state index in [1.807, 2.05) is 30.9 Å². The van der Waals surface area contributed by atoms with Crippen molar-refractivity contribution in [3.63, 3.8) is 0 Å². The molecule has 2 amide bonds. The van der Waals surface area contributed by atoms with Crippen LogP contribution in [0.1, 0.15) is 64.1 Å². The summed E-state index contributed by atoms with van der Waals surface area (Å²) in [5.74, 6) is 0.233. The maximum Gasteiger partial charge on any atom is 0.242 e. The normalized spacial score (nSPS) is 16.8. The van der Waals surface area contributed by atoms with E-state index in [0.717, 1.165) is 25.7 Å². The molecule has 1 aromatic carbocycles. The van der Waals surface area contributed by atoms with Crippen molar-refractivity contribution in [2.45, 2.75) is 59.4 Å². The second-order valence-electron chi connectivity index (χ2n) is 8.16. The number of halogens is 1. The van der Waals surface area contributed by atoms with Crippen LogP contribution in [-0.4, -0.2) is 47.1 Å². The van der Waals surface area contributed by atoms with Crippen molar-refractivity contribution in [1.82, 2.24) is 9.80 Å². The van der Waals surface area contributed by atoms with Gasteiger partial charge in [0.1, 0.15) is 0 Å². The lowest BCUT2D eigenvalue weighted by Gasteiger charge is -2.37. The average molecular weight is 393 g/mol. The Balaban J connectivity index is 2.12. The van der Waals surface area contributed by atoms with Crippen molar-refractivity contribution >= 4 is 23.4 Å². The molecule has 1 aromatic rings. The number of hydrogen-bond acceptors (Lipinski definition) is 2. The van der Waals surface area contributed by atoms with Crippen molar-refractivity contribution < 1.29 is 9.59 Å². The van der Waals surface area contributed by atoms with Crippen molar-refractivity contribution in [1.29, 1.82) is 0 Å². The van der Waals surface area contributed by atoms with Crippen LogP contribution in [0.25, 0.3) is 0 Å². The van der Waals surface area contributed by atoms with E-state index in [0.29, 0.717) is 13.1 Å². The number of nitrogens with zero attached hydrogens (tertiary/aromatic N) is 2. The summed E-state index contributed by atoms with van der Waals surface area (Å²) in [5.41, 5.74) is 1.86. The second kappa shape index (κ2) is 9.59. The summed E-state index contributed by atoms with van der Waals surface area (Å²) in [7, 11) is 0. The topological polar surface area (TPSA) is 40.6 Å². The van der Waals surface area contributed by atoms with Crippen molar-refractivity contribution in [3.8, 4) is 0 Å². The lowest BCUT2D eigenvalue weighted by atomic mass is 9.93. The predicted molar refractivity (Wildman–Crippen MR) is 111 cm³/mol. The standard InChI is InChI=1S/C22H33ClN2O2/c1-5-6-9-13-24(21(27)22(3,4)16-23)15-20(26)25-14-12-18-10-7-8-11-19(18)17(25)2/h7-8,10-11,17H,5-6,9,12-16H2,1-4H3. The molecule has 0 bridgehead atoms. The van der Waals surface area contributed by atoms with Crippen molar-refractivity contribution in [3.05, 3.63) is 35.4 Å². The van der Waals surface area contributed by atoms with Gasteiger partial charge >= 0.3 is 0 Å². The molecule has 0 spiro atoms. The number of benzene rings is 1. The molecule has 4 nitrogen and oxygen atoms in total. The molecule has 27 heavy (non-hydrogen) atoms. The fourth-order valence-electron chi connectivity index (χ4n) is 3.66. The smallest absolute Gasteiger partial charge is 0.242 e. The molecular weight excluding hydrogens is 360 g/mol. The fourth-order valence-corrected chi connectivity index (χ4v) is 3.77. The highest BCUT2D eigenvalue weighted by atomic mass is 35.5. The van der Waals surface area contributed by atoms with Crippen LogP contribution in [0.4, 0.5) is 0 Å². The van der Waals surface area contributed by atoms with Crippen LogP contribution in [-0.2, 0) is 16.0 Å². The molecule has 0 saturated heterocycles. The first-order valence-electron chi connectivity index (χ1n) is 10.0. The summed E-state index contributed by atoms with van der Waals surface area (Å²) >= 11 is 6.02. The van der Waals surface area contributed by atoms with Gasteiger partial charge in [0.05, 0.1) is 18.0 Å². The van der Waals surface area contributed by atoms with E-state index >= 15 is 0 Å². The molecule has 0 aliphatic carbocycles. The van der Waals surface area contributed by atoms with E-state index in [1.54, 1.807) is 4.90 Å². The maximum absolute atomic E-state index is 13.1. The number of carbonyl (C=O) groups is 2. The lowest BCUT2D eigenvalue weighted by Crippen LogP contribution is -2.49. The molecule has 2 rings (SSSR count). The first-order chi connectivity index (χ1) is 12.8. The number of hydrogen-bond donors (Lipinski definition) is 0. The molecule has 1 heterocycles. The molecule has 0 saturated carbocycles. The van der Waals surface area contributed by atoms with Gasteiger partial charge in [0.2, 0.25) is 11.8 Å². The number of carbonyl (C=O) groups excluding carboxylic acids is 2. The summed E-state index contributed by atoms with van der Waals surface area (Å²) in [4.78, 5) is 29.7. The first-order valence-corrected chi connectivity index (χ1v) is 10.6. The Morgan fingerprint density at radius 3 is 2.63 bits per heavy atom. The van der Waals surface area contributed by atoms with E-state index in [2.05, 4.69) is 26.0 Å². The third kappa shape index (κ3) is 5.25. The highest BCUT2D eigenvalue weighted by molar-refractivity contribution is 6.19. The zero-order valence-electron chi connectivity index (χ0n) is 17.1. The molecule has 0 aromatic heterocycles. The van der Waals surface area contributed by atoms with E-state index in [1.165, 1.54) is 11.1 Å². The molecule has 1 aliphatic rings. The fraction of sp³-hybridized carbons (Fsp3) is 0.636. The number of amides is 2. The Morgan fingerprint density at radius 2 is 1.96 bits per heavy atom. The van der Waals surface area contributed by atoms with Gasteiger partial charge in [-0.1, -0.05) is 44.0 Å². The van der Waals surface area contributed by atoms with Gasteiger partial charge in [-0.2, -0.15) is 0 Å². The zero-order valence-corrected chi connectivity index (χ0v) is 17.9. The highest BCUT2D eigenvalue weighted by Crippen LogP contribution is 2.29. The Hall–Kier alpha value is -1.55. The summed E-state index contributed by atoms with van der Waals surface area (Å²) in [5, 5.41) is 0. The monoisotopic (exact) mass is 392 g/mol. The largest absolute Gasteiger partial charge is 0.334 e. The van der Waals surface area contributed by atoms with Gasteiger partial charge in [-0.3, -0.25) is 9.59 Å². The molecule has 1 aliphatic heterocycles. The summed E-state index contributed by atoms with van der Waals surface area (Å²) < 4.78 is 0. The predicted octanol–water partition coefficient (Wildman–Crippen LogP) is 4.42. The summed E-state index contributed by atoms with van der Waals surface area (Å²) in [6, 6.07) is 8.34. The van der Waals surface area contributed by atoms with Crippen molar-refractivity contribution in [2.75, 3.05) is 25.5 Å². The minimum Gasteiger partial charge on any atom is -0.334 e. The lowest BCUT2D eigenvalue weighted by molar-refractivity contribution is -0.146. The van der Waals surface area contributed by atoms with E-state index < -0.39 is 5.41 Å². The summed E-state index contributed by atoms with van der Waals surface area (Å²) in [6.45, 7) is 9.34. The minimum absolute atomic E-state index is 0.0206. The molecule has 150 valence electrons. The molecule has 1 atom stereocenters. The van der Waals surface area contributed by atoms with Crippen LogP contribution in [0.15, 0.2) is 24.3 Å². The van der Waals surface area contributed by atoms with Gasteiger partial charge in [-0.05, 0) is 44.7 Å². The van der Waals surface area contributed by atoms with Gasteiger partial charge < -0.3 is 9.80 Å². The van der Waals surface area contributed by atoms with E-state index in [9.17, 15) is 9.59 Å². The summed E-state index contributed by atoms with van der Waals surface area (Å²) in [6.07, 6.45) is 3.90. The van der Waals surface area contributed by atoms with E-state index in [4.69, 9.17) is 11.6 Å². The van der Waals surface area contributed by atoms with Crippen LogP contribution in [0.2, 0.25) is 0 Å². The highest BCUT2D eigenvalue weighted by Gasteiger charge is 2.34. The van der Waals surface area contributed by atoms with Gasteiger partial charge in [0, 0.05) is 19.0 Å². The number of alkyl halides is 1. The first kappa shape index (κ1) is 21.7. The van der Waals surface area contributed by atoms with E-state index in [-0.39, 0.29) is 30.3 Å². The van der Waals surface area contributed by atoms with Crippen LogP contribution in [0.5, 0.6) is 0 Å². The quantitative estimate of drug-likeness (QED) is 0.485. The third-order valence-corrected chi connectivity index (χ3v) is 6.14. The Labute approximate surface area is 168 Å². The Bertz CT molecular complexity index is 659. The van der Waals surface area contributed by atoms with Gasteiger partial charge in [0.25, 0.3) is 0 Å². The molecule has 5 heteroatoms. The van der Waals surface area contributed by atoms with Crippen LogP contribution >= 0.6 is 11.6 Å². The maximum atomic E-state index is 13.1. The van der Waals surface area contributed by atoms with Gasteiger partial charge in [0.15, 0.2) is 0 Å². The number of fused-ring (bicyclic) bond motifs is 1. The third-order valence-electron chi connectivity index (χ3n) is 5.47. The molecule has 0 fully saturated rings. The Morgan fingerprint density at radius 1 is 1.26 bits per heavy atom. The van der Waals surface area contributed by atoms with Gasteiger partial charge in [-0.15, -0.1) is 11.6 Å². The van der Waals surface area contributed by atoms with Crippen LogP contribution in [0, 0.1) is 5.41 Å². The SMILES string of the molecule is CCCCCN(CC(=O)N1CCc2ccccc2C1C)C(=O)C(C)(C)CCl. The minimum atomic E-state index is -0.659. The zero-order chi connectivity index (χ0) is 20.0. The van der Waals surface area contributed by atoms with Crippen LogP contribution in [0.3, 0.4) is 0 Å². The molecule has 1 unspecified atom stereocenters. The Kier molecular flexibility index (Phi) is 7.72. The van der Waals surface area contributed by atoms with Crippen molar-refractivity contribution in [2.24, 2.45) is 5.41 Å².